The minimum Gasteiger partial charge on any atom is -0.301 e. The van der Waals surface area contributed by atoms with Gasteiger partial charge in [0.1, 0.15) is 0 Å². The minimum absolute atomic E-state index is 0.784. The van der Waals surface area contributed by atoms with Crippen molar-refractivity contribution in [3.63, 3.8) is 0 Å². The Bertz CT molecular complexity index is 91.8. The summed E-state index contributed by atoms with van der Waals surface area (Å²) in [5, 5.41) is 0. The zero-order valence-electron chi connectivity index (χ0n) is 8.71. The second kappa shape index (κ2) is 7.93. The molecule has 2 heteroatoms. The van der Waals surface area contributed by atoms with Crippen LogP contribution in [0.3, 0.4) is 0 Å². The number of thiol groups is 1. The molecule has 0 aliphatic heterocycles. The summed E-state index contributed by atoms with van der Waals surface area (Å²) in [5.74, 6) is 1.03. The molecule has 1 nitrogen and oxygen atoms in total. The Morgan fingerprint density at radius 2 is 1.75 bits per heavy atom. The molecule has 0 rings (SSSR count). The summed E-state index contributed by atoms with van der Waals surface area (Å²) < 4.78 is 0. The first kappa shape index (κ1) is 12.3. The molecule has 0 aliphatic rings. The van der Waals surface area contributed by atoms with E-state index < -0.39 is 0 Å². The van der Waals surface area contributed by atoms with Crippen molar-refractivity contribution in [1.82, 2.24) is 4.90 Å². The zero-order valence-corrected chi connectivity index (χ0v) is 9.61. The summed E-state index contributed by atoms with van der Waals surface area (Å²) in [6.45, 7) is 9.13. The third-order valence-corrected chi connectivity index (χ3v) is 2.81. The van der Waals surface area contributed by atoms with Crippen molar-refractivity contribution >= 4 is 12.6 Å². The predicted molar refractivity (Wildman–Crippen MR) is 60.1 cm³/mol. The second-order valence-electron chi connectivity index (χ2n) is 3.15. The van der Waals surface area contributed by atoms with E-state index in [9.17, 15) is 0 Å². The average molecular weight is 189 g/mol. The Hall–Kier alpha value is 0.310. The fourth-order valence-corrected chi connectivity index (χ4v) is 1.89. The molecule has 0 N–H and O–H groups in total. The van der Waals surface area contributed by atoms with Crippen LogP contribution in [-0.2, 0) is 0 Å². The lowest BCUT2D eigenvalue weighted by atomic mass is 10.1. The van der Waals surface area contributed by atoms with Gasteiger partial charge >= 0.3 is 0 Å². The molecule has 0 aromatic carbocycles. The lowest BCUT2D eigenvalue weighted by Crippen LogP contribution is -2.34. The van der Waals surface area contributed by atoms with Crippen molar-refractivity contribution in [3.05, 3.63) is 0 Å². The van der Waals surface area contributed by atoms with E-state index >= 15 is 0 Å². The van der Waals surface area contributed by atoms with Crippen LogP contribution in [0.1, 0.15) is 40.0 Å². The molecule has 12 heavy (non-hydrogen) atoms. The molecule has 74 valence electrons. The topological polar surface area (TPSA) is 3.24 Å². The normalized spacial score (nSPS) is 13.8. The fourth-order valence-electron chi connectivity index (χ4n) is 1.71. The van der Waals surface area contributed by atoms with Crippen molar-refractivity contribution in [2.24, 2.45) is 0 Å². The molecule has 0 radical (unpaired) electrons. The van der Waals surface area contributed by atoms with E-state index in [1.807, 2.05) is 0 Å². The van der Waals surface area contributed by atoms with Gasteiger partial charge in [0.2, 0.25) is 0 Å². The van der Waals surface area contributed by atoms with Crippen LogP contribution >= 0.6 is 12.6 Å². The van der Waals surface area contributed by atoms with Gasteiger partial charge in [0, 0.05) is 6.04 Å². The molecule has 0 amide bonds. The van der Waals surface area contributed by atoms with E-state index in [0.29, 0.717) is 0 Å². The van der Waals surface area contributed by atoms with Crippen LogP contribution in [-0.4, -0.2) is 29.8 Å². The summed E-state index contributed by atoms with van der Waals surface area (Å²) in [4.78, 5) is 2.55. The van der Waals surface area contributed by atoms with Gasteiger partial charge in [-0.25, -0.2) is 0 Å². The first-order valence-corrected chi connectivity index (χ1v) is 5.78. The monoisotopic (exact) mass is 189 g/mol. The Morgan fingerprint density at radius 3 is 2.08 bits per heavy atom. The van der Waals surface area contributed by atoms with Crippen LogP contribution in [0.4, 0.5) is 0 Å². The highest BCUT2D eigenvalue weighted by Gasteiger charge is 2.11. The van der Waals surface area contributed by atoms with Crippen LogP contribution < -0.4 is 0 Å². The number of hydrogen-bond acceptors (Lipinski definition) is 2. The van der Waals surface area contributed by atoms with Crippen molar-refractivity contribution in [1.29, 1.82) is 0 Å². The second-order valence-corrected chi connectivity index (χ2v) is 3.60. The van der Waals surface area contributed by atoms with Gasteiger partial charge in [-0.05, 0) is 38.1 Å². The van der Waals surface area contributed by atoms with Gasteiger partial charge in [-0.2, -0.15) is 12.6 Å². The number of hydrogen-bond donors (Lipinski definition) is 1. The van der Waals surface area contributed by atoms with Crippen molar-refractivity contribution in [3.8, 4) is 0 Å². The molecule has 1 unspecified atom stereocenters. The van der Waals surface area contributed by atoms with Crippen LogP contribution in [0.25, 0.3) is 0 Å². The summed E-state index contributed by atoms with van der Waals surface area (Å²) in [6, 6.07) is 0.784. The Morgan fingerprint density at radius 1 is 1.17 bits per heavy atom. The van der Waals surface area contributed by atoms with Gasteiger partial charge in [-0.1, -0.05) is 20.8 Å². The van der Waals surface area contributed by atoms with Gasteiger partial charge in [0.05, 0.1) is 0 Å². The molecule has 0 spiro atoms. The summed E-state index contributed by atoms with van der Waals surface area (Å²) in [5.41, 5.74) is 0. The summed E-state index contributed by atoms with van der Waals surface area (Å²) in [6.07, 6.45) is 3.83. The molecule has 0 saturated carbocycles. The van der Waals surface area contributed by atoms with Gasteiger partial charge < -0.3 is 4.90 Å². The molecule has 0 heterocycles. The first-order valence-electron chi connectivity index (χ1n) is 5.14. The largest absolute Gasteiger partial charge is 0.301 e. The standard InChI is InChI=1S/C10H23NS/c1-4-10(8-7-9-12)11(5-2)6-3/h10,12H,4-9H2,1-3H3. The summed E-state index contributed by atoms with van der Waals surface area (Å²) in [7, 11) is 0. The SMILES string of the molecule is CCC(CCCS)N(CC)CC. The number of nitrogens with zero attached hydrogens (tertiary/aromatic N) is 1. The van der Waals surface area contributed by atoms with Crippen molar-refractivity contribution in [2.75, 3.05) is 18.8 Å². The van der Waals surface area contributed by atoms with Crippen molar-refractivity contribution < 1.29 is 0 Å². The van der Waals surface area contributed by atoms with Crippen molar-refractivity contribution in [2.45, 2.75) is 46.1 Å². The van der Waals surface area contributed by atoms with E-state index in [2.05, 4.69) is 38.3 Å². The highest BCUT2D eigenvalue weighted by atomic mass is 32.1. The molecule has 0 bridgehead atoms. The molecule has 0 fully saturated rings. The van der Waals surface area contributed by atoms with Crippen LogP contribution in [0.5, 0.6) is 0 Å². The molecular formula is C10H23NS. The van der Waals surface area contributed by atoms with Gasteiger partial charge in [0.15, 0.2) is 0 Å². The summed E-state index contributed by atoms with van der Waals surface area (Å²) >= 11 is 4.24. The maximum absolute atomic E-state index is 4.24. The average Bonchev–Trinajstić information content (AvgIpc) is 2.12. The molecular weight excluding hydrogens is 166 g/mol. The molecule has 0 aromatic rings. The van der Waals surface area contributed by atoms with Gasteiger partial charge in [0.25, 0.3) is 0 Å². The van der Waals surface area contributed by atoms with Gasteiger partial charge in [-0.3, -0.25) is 0 Å². The highest BCUT2D eigenvalue weighted by Crippen LogP contribution is 2.10. The Kier molecular flexibility index (Phi) is 8.14. The quantitative estimate of drug-likeness (QED) is 0.603. The minimum atomic E-state index is 0.784. The Labute approximate surface area is 82.9 Å². The van der Waals surface area contributed by atoms with E-state index in [0.717, 1.165) is 11.8 Å². The maximum atomic E-state index is 4.24. The van der Waals surface area contributed by atoms with E-state index in [4.69, 9.17) is 0 Å². The van der Waals surface area contributed by atoms with Crippen LogP contribution in [0, 0.1) is 0 Å². The fraction of sp³-hybridized carbons (Fsp3) is 1.00. The third-order valence-electron chi connectivity index (χ3n) is 2.50. The molecule has 0 saturated heterocycles. The number of rotatable bonds is 7. The van der Waals surface area contributed by atoms with E-state index in [1.165, 1.54) is 32.4 Å². The van der Waals surface area contributed by atoms with E-state index in [-0.39, 0.29) is 0 Å². The van der Waals surface area contributed by atoms with Crippen LogP contribution in [0.2, 0.25) is 0 Å². The smallest absolute Gasteiger partial charge is 0.00926 e. The highest BCUT2D eigenvalue weighted by molar-refractivity contribution is 7.80. The molecule has 0 aliphatic carbocycles. The zero-order chi connectivity index (χ0) is 9.40. The Balaban J connectivity index is 3.75. The lowest BCUT2D eigenvalue weighted by molar-refractivity contribution is 0.200. The maximum Gasteiger partial charge on any atom is 0.00926 e. The van der Waals surface area contributed by atoms with Gasteiger partial charge in [-0.15, -0.1) is 0 Å². The van der Waals surface area contributed by atoms with Crippen LogP contribution in [0.15, 0.2) is 0 Å². The molecule has 0 aromatic heterocycles. The third kappa shape index (κ3) is 4.36. The lowest BCUT2D eigenvalue weighted by Gasteiger charge is -2.28. The predicted octanol–water partition coefficient (Wildman–Crippen LogP) is 2.82. The molecule has 1 atom stereocenters. The van der Waals surface area contributed by atoms with E-state index in [1.54, 1.807) is 0 Å². The first-order chi connectivity index (χ1) is 5.79.